The van der Waals surface area contributed by atoms with E-state index in [1.807, 2.05) is 19.1 Å². The summed E-state index contributed by atoms with van der Waals surface area (Å²) in [6.45, 7) is 3.37. The van der Waals surface area contributed by atoms with Gasteiger partial charge in [-0.05, 0) is 19.8 Å². The number of hydrogen-bond donors (Lipinski definition) is 1. The molecule has 0 saturated carbocycles. The fourth-order valence-corrected chi connectivity index (χ4v) is 2.70. The van der Waals surface area contributed by atoms with E-state index in [0.717, 1.165) is 12.2 Å². The summed E-state index contributed by atoms with van der Waals surface area (Å²) < 4.78 is 1.80. The Bertz CT molecular complexity index is 748. The number of nitrogens with one attached hydrogen (secondary N) is 1. The second kappa shape index (κ2) is 6.44. The quantitative estimate of drug-likeness (QED) is 0.910. The molecule has 23 heavy (non-hydrogen) atoms. The van der Waals surface area contributed by atoms with Crippen LogP contribution in [0.15, 0.2) is 24.7 Å². The second-order valence-electron chi connectivity index (χ2n) is 5.24. The smallest absolute Gasteiger partial charge is 0.250 e. The lowest BCUT2D eigenvalue weighted by atomic mass is 10.0. The number of rotatable bonds is 4. The number of nitrogens with zero attached hydrogens (tertiary/aromatic N) is 6. The number of aromatic nitrogens is 4. The molecule has 1 atom stereocenters. The highest BCUT2D eigenvalue weighted by atomic mass is 16.2. The van der Waals surface area contributed by atoms with Crippen LogP contribution < -0.4 is 10.2 Å². The molecular formula is C15H17N7O. The Morgan fingerprint density at radius 3 is 3.13 bits per heavy atom. The fraction of sp³-hybridized carbons (Fsp3) is 0.400. The van der Waals surface area contributed by atoms with Crippen molar-refractivity contribution >= 4 is 17.5 Å². The van der Waals surface area contributed by atoms with Gasteiger partial charge in [0, 0.05) is 19.2 Å². The number of amides is 1. The van der Waals surface area contributed by atoms with Gasteiger partial charge < -0.3 is 5.32 Å². The largest absolute Gasteiger partial charge is 0.357 e. The van der Waals surface area contributed by atoms with Crippen molar-refractivity contribution < 1.29 is 4.79 Å². The third-order valence-electron chi connectivity index (χ3n) is 3.78. The number of piperidine rings is 1. The van der Waals surface area contributed by atoms with Gasteiger partial charge in [-0.15, -0.1) is 0 Å². The van der Waals surface area contributed by atoms with Gasteiger partial charge >= 0.3 is 0 Å². The molecule has 1 amide bonds. The molecule has 1 N–H and O–H groups in total. The summed E-state index contributed by atoms with van der Waals surface area (Å²) in [4.78, 5) is 22.6. The maximum atomic E-state index is 12.8. The van der Waals surface area contributed by atoms with E-state index in [2.05, 4.69) is 20.4 Å². The van der Waals surface area contributed by atoms with Crippen LogP contribution in [-0.4, -0.2) is 38.2 Å². The van der Waals surface area contributed by atoms with E-state index in [-0.39, 0.29) is 17.6 Å². The minimum atomic E-state index is -0.382. The summed E-state index contributed by atoms with van der Waals surface area (Å²) in [6.07, 6.45) is 6.20. The van der Waals surface area contributed by atoms with Gasteiger partial charge in [0.1, 0.15) is 23.7 Å². The van der Waals surface area contributed by atoms with Gasteiger partial charge in [0.15, 0.2) is 5.69 Å². The third-order valence-corrected chi connectivity index (χ3v) is 3.78. The predicted molar refractivity (Wildman–Crippen MR) is 83.6 cm³/mol. The molecular weight excluding hydrogens is 294 g/mol. The van der Waals surface area contributed by atoms with Gasteiger partial charge in [-0.1, -0.05) is 0 Å². The van der Waals surface area contributed by atoms with Gasteiger partial charge in [0.05, 0.1) is 18.6 Å². The zero-order valence-electron chi connectivity index (χ0n) is 12.8. The summed E-state index contributed by atoms with van der Waals surface area (Å²) in [5.41, 5.74) is 0.221. The molecule has 0 radical (unpaired) electrons. The van der Waals surface area contributed by atoms with Crippen molar-refractivity contribution in [2.45, 2.75) is 32.4 Å². The first-order chi connectivity index (χ1) is 11.2. The monoisotopic (exact) mass is 311 g/mol. The molecule has 0 spiro atoms. The first-order valence-electron chi connectivity index (χ1n) is 7.54. The Hall–Kier alpha value is -2.95. The van der Waals surface area contributed by atoms with Crippen LogP contribution in [0.5, 0.6) is 0 Å². The molecule has 1 aliphatic heterocycles. The van der Waals surface area contributed by atoms with Crippen LogP contribution in [0.2, 0.25) is 0 Å². The molecule has 8 heteroatoms. The van der Waals surface area contributed by atoms with Crippen molar-refractivity contribution in [2.75, 3.05) is 16.8 Å². The Kier molecular flexibility index (Phi) is 4.19. The highest BCUT2D eigenvalue weighted by Crippen LogP contribution is 2.22. The molecule has 8 nitrogen and oxygen atoms in total. The molecule has 2 aromatic rings. The Balaban J connectivity index is 1.78. The molecule has 0 aromatic carbocycles. The highest BCUT2D eigenvalue weighted by Gasteiger charge is 2.31. The molecule has 0 bridgehead atoms. The van der Waals surface area contributed by atoms with E-state index >= 15 is 0 Å². The summed E-state index contributed by atoms with van der Waals surface area (Å²) in [7, 11) is 0. The maximum absolute atomic E-state index is 12.8. The summed E-state index contributed by atoms with van der Waals surface area (Å²) in [6, 6.07) is 3.41. The molecule has 118 valence electrons. The van der Waals surface area contributed by atoms with Crippen molar-refractivity contribution in [3.8, 4) is 6.07 Å². The van der Waals surface area contributed by atoms with E-state index < -0.39 is 0 Å². The zero-order valence-corrected chi connectivity index (χ0v) is 12.8. The fourth-order valence-electron chi connectivity index (χ4n) is 2.70. The lowest BCUT2D eigenvalue weighted by Gasteiger charge is -2.32. The van der Waals surface area contributed by atoms with Crippen LogP contribution in [0.1, 0.15) is 25.5 Å². The molecule has 3 rings (SSSR count). The van der Waals surface area contributed by atoms with E-state index in [9.17, 15) is 4.79 Å². The predicted octanol–water partition coefficient (Wildman–Crippen LogP) is 1.17. The Morgan fingerprint density at radius 1 is 1.48 bits per heavy atom. The molecule has 0 aliphatic carbocycles. The number of hydrogen-bond acceptors (Lipinski definition) is 6. The first kappa shape index (κ1) is 15.0. The van der Waals surface area contributed by atoms with Crippen LogP contribution in [0, 0.1) is 11.3 Å². The van der Waals surface area contributed by atoms with E-state index in [4.69, 9.17) is 5.26 Å². The van der Waals surface area contributed by atoms with Crippen LogP contribution in [0.4, 0.5) is 11.6 Å². The third kappa shape index (κ3) is 2.99. The Labute approximate surface area is 133 Å². The minimum Gasteiger partial charge on any atom is -0.357 e. The number of nitriles is 1. The summed E-state index contributed by atoms with van der Waals surface area (Å²) in [5.74, 6) is 1.23. The van der Waals surface area contributed by atoms with Gasteiger partial charge in [-0.3, -0.25) is 14.7 Å². The molecule has 2 aromatic heterocycles. The topological polar surface area (TPSA) is 99.7 Å². The molecule has 3 heterocycles. The van der Waals surface area contributed by atoms with Crippen molar-refractivity contribution in [3.63, 3.8) is 0 Å². The summed E-state index contributed by atoms with van der Waals surface area (Å²) in [5, 5.41) is 16.2. The van der Waals surface area contributed by atoms with Crippen molar-refractivity contribution in [3.05, 3.63) is 30.4 Å². The maximum Gasteiger partial charge on any atom is 0.250 e. The van der Waals surface area contributed by atoms with Crippen LogP contribution in [0.3, 0.4) is 0 Å². The number of anilines is 2. The average Bonchev–Trinajstić information content (AvgIpc) is 3.05. The van der Waals surface area contributed by atoms with Gasteiger partial charge in [0.25, 0.3) is 5.91 Å². The molecule has 0 unspecified atom stereocenters. The van der Waals surface area contributed by atoms with Crippen molar-refractivity contribution in [1.82, 2.24) is 19.7 Å². The van der Waals surface area contributed by atoms with Gasteiger partial charge in [-0.25, -0.2) is 9.67 Å². The number of aryl methyl sites for hydroxylation is 1. The van der Waals surface area contributed by atoms with Crippen molar-refractivity contribution in [2.24, 2.45) is 0 Å². The Morgan fingerprint density at radius 2 is 2.35 bits per heavy atom. The first-order valence-corrected chi connectivity index (χ1v) is 7.54. The zero-order chi connectivity index (χ0) is 16.2. The SMILES string of the molecule is CCn1nccc1N1CCC[C@H](Nc2cncc(C#N)n2)C1=O. The molecule has 1 saturated heterocycles. The number of carbonyl (C=O) groups excluding carboxylic acids is 1. The van der Waals surface area contributed by atoms with E-state index in [0.29, 0.717) is 25.3 Å². The molecule has 1 fully saturated rings. The lowest BCUT2D eigenvalue weighted by molar-refractivity contribution is -0.120. The van der Waals surface area contributed by atoms with Crippen molar-refractivity contribution in [1.29, 1.82) is 5.26 Å². The van der Waals surface area contributed by atoms with Crippen LogP contribution in [0.25, 0.3) is 0 Å². The van der Waals surface area contributed by atoms with Crippen LogP contribution in [-0.2, 0) is 11.3 Å². The lowest BCUT2D eigenvalue weighted by Crippen LogP contribution is -2.48. The number of carbonyl (C=O) groups is 1. The molecule has 1 aliphatic rings. The second-order valence-corrected chi connectivity index (χ2v) is 5.24. The van der Waals surface area contributed by atoms with E-state index in [1.165, 1.54) is 12.4 Å². The highest BCUT2D eigenvalue weighted by molar-refractivity contribution is 5.98. The normalized spacial score (nSPS) is 17.8. The summed E-state index contributed by atoms with van der Waals surface area (Å²) >= 11 is 0. The van der Waals surface area contributed by atoms with Gasteiger partial charge in [-0.2, -0.15) is 10.4 Å². The minimum absolute atomic E-state index is 0.0180. The standard InChI is InChI=1S/C15H17N7O/c1-2-22-14(5-6-18-22)21-7-3-4-12(15(21)23)20-13-10-17-9-11(8-16)19-13/h5-6,9-10,12H,2-4,7H2,1H3,(H,19,20)/t12-/m0/s1. The van der Waals surface area contributed by atoms with Gasteiger partial charge in [0.2, 0.25) is 0 Å². The van der Waals surface area contributed by atoms with E-state index in [1.54, 1.807) is 15.8 Å². The van der Waals surface area contributed by atoms with Crippen LogP contribution >= 0.6 is 0 Å². The average molecular weight is 311 g/mol.